The Kier molecular flexibility index (Phi) is 3.77. The first-order valence-corrected chi connectivity index (χ1v) is 6.11. The zero-order chi connectivity index (χ0) is 13.1. The molecule has 1 N–H and O–H groups in total. The molecular formula is C13H15ClN2O2. The van der Waals surface area contributed by atoms with Crippen LogP contribution in [-0.4, -0.2) is 18.6 Å². The van der Waals surface area contributed by atoms with Gasteiger partial charge >= 0.3 is 0 Å². The van der Waals surface area contributed by atoms with Gasteiger partial charge in [-0.25, -0.2) is 0 Å². The maximum atomic E-state index is 6.15. The molecule has 1 aromatic heterocycles. The molecule has 0 spiro atoms. The van der Waals surface area contributed by atoms with Gasteiger partial charge in [0.05, 0.1) is 11.6 Å². The molecule has 96 valence electrons. The molecule has 0 radical (unpaired) electrons. The summed E-state index contributed by atoms with van der Waals surface area (Å²) in [4.78, 5) is 4.34. The molecular weight excluding hydrogens is 252 g/mol. The molecule has 0 aliphatic carbocycles. The van der Waals surface area contributed by atoms with E-state index in [2.05, 4.69) is 10.3 Å². The summed E-state index contributed by atoms with van der Waals surface area (Å²) in [7, 11) is 1.76. The maximum Gasteiger partial charge on any atom is 0.295 e. The number of ether oxygens (including phenoxy) is 1. The minimum absolute atomic E-state index is 0.493. The van der Waals surface area contributed by atoms with Crippen LogP contribution in [0.5, 0.6) is 5.75 Å². The number of anilines is 1. The minimum atomic E-state index is 0.493. The molecule has 1 heterocycles. The number of benzene rings is 1. The number of nitrogens with one attached hydrogen (secondary N) is 1. The largest absolute Gasteiger partial charge is 0.492 e. The van der Waals surface area contributed by atoms with Crippen LogP contribution in [0.25, 0.3) is 11.3 Å². The Morgan fingerprint density at radius 2 is 2.22 bits per heavy atom. The van der Waals surface area contributed by atoms with E-state index in [0.29, 0.717) is 23.4 Å². The Morgan fingerprint density at radius 3 is 2.78 bits per heavy atom. The molecule has 0 aliphatic heterocycles. The molecule has 0 saturated carbocycles. The molecule has 2 rings (SSSR count). The lowest BCUT2D eigenvalue weighted by Crippen LogP contribution is -1.92. The van der Waals surface area contributed by atoms with Gasteiger partial charge in [-0.3, -0.25) is 0 Å². The van der Waals surface area contributed by atoms with E-state index in [4.69, 9.17) is 20.8 Å². The summed E-state index contributed by atoms with van der Waals surface area (Å²) in [6.07, 6.45) is 0. The van der Waals surface area contributed by atoms with Crippen molar-refractivity contribution in [2.45, 2.75) is 13.8 Å². The van der Waals surface area contributed by atoms with Crippen LogP contribution in [0.1, 0.15) is 12.7 Å². The Hall–Kier alpha value is -1.68. The maximum absolute atomic E-state index is 6.15. The number of hydrogen-bond acceptors (Lipinski definition) is 4. The fraction of sp³-hybridized carbons (Fsp3) is 0.308. The van der Waals surface area contributed by atoms with Crippen molar-refractivity contribution in [3.63, 3.8) is 0 Å². The van der Waals surface area contributed by atoms with Crippen molar-refractivity contribution in [3.8, 4) is 17.0 Å². The van der Waals surface area contributed by atoms with E-state index in [9.17, 15) is 0 Å². The summed E-state index contributed by atoms with van der Waals surface area (Å²) in [5.41, 5.74) is 1.69. The molecule has 1 aromatic carbocycles. The lowest BCUT2D eigenvalue weighted by Gasteiger charge is -2.06. The van der Waals surface area contributed by atoms with Crippen molar-refractivity contribution in [1.29, 1.82) is 0 Å². The quantitative estimate of drug-likeness (QED) is 0.916. The first-order valence-electron chi connectivity index (χ1n) is 5.73. The van der Waals surface area contributed by atoms with Crippen LogP contribution in [0.3, 0.4) is 0 Å². The Labute approximate surface area is 111 Å². The summed E-state index contributed by atoms with van der Waals surface area (Å²) in [5, 5.41) is 3.44. The third kappa shape index (κ3) is 2.43. The average Bonchev–Trinajstić information content (AvgIpc) is 2.73. The summed E-state index contributed by atoms with van der Waals surface area (Å²) in [5.74, 6) is 1.43. The lowest BCUT2D eigenvalue weighted by molar-refractivity contribution is 0.340. The van der Waals surface area contributed by atoms with Gasteiger partial charge in [0.25, 0.3) is 6.01 Å². The molecule has 0 saturated heterocycles. The van der Waals surface area contributed by atoms with Crippen LogP contribution in [-0.2, 0) is 0 Å². The molecule has 0 fully saturated rings. The molecule has 0 unspecified atom stereocenters. The number of nitrogens with zero attached hydrogens (tertiary/aromatic N) is 1. The lowest BCUT2D eigenvalue weighted by atomic mass is 10.1. The van der Waals surface area contributed by atoms with Gasteiger partial charge in [-0.2, -0.15) is 4.98 Å². The minimum Gasteiger partial charge on any atom is -0.492 e. The Bertz CT molecular complexity index is 552. The third-order valence-electron chi connectivity index (χ3n) is 2.52. The predicted octanol–water partition coefficient (Wildman–Crippen LogP) is 3.74. The van der Waals surface area contributed by atoms with E-state index < -0.39 is 0 Å². The van der Waals surface area contributed by atoms with Gasteiger partial charge in [0, 0.05) is 12.6 Å². The van der Waals surface area contributed by atoms with Crippen LogP contribution >= 0.6 is 11.6 Å². The second-order valence-corrected chi connectivity index (χ2v) is 4.16. The second kappa shape index (κ2) is 5.31. The van der Waals surface area contributed by atoms with E-state index in [0.717, 1.165) is 17.0 Å². The number of oxazole rings is 1. The summed E-state index contributed by atoms with van der Waals surface area (Å²) in [6.45, 7) is 4.38. The van der Waals surface area contributed by atoms with Crippen molar-refractivity contribution < 1.29 is 9.15 Å². The third-order valence-corrected chi connectivity index (χ3v) is 2.81. The van der Waals surface area contributed by atoms with Gasteiger partial charge in [-0.05, 0) is 32.0 Å². The van der Waals surface area contributed by atoms with Crippen LogP contribution in [0, 0.1) is 6.92 Å². The monoisotopic (exact) mass is 266 g/mol. The second-order valence-electron chi connectivity index (χ2n) is 3.75. The summed E-state index contributed by atoms with van der Waals surface area (Å²) < 4.78 is 10.8. The standard InChI is InChI=1S/C13H15ClN2O2/c1-4-17-11-6-5-9(7-10(11)14)12-8(2)18-13(15-3)16-12/h5-7H,4H2,1-3H3,(H,15,16). The van der Waals surface area contributed by atoms with E-state index in [1.54, 1.807) is 7.05 Å². The number of rotatable bonds is 4. The van der Waals surface area contributed by atoms with E-state index in [-0.39, 0.29) is 0 Å². The van der Waals surface area contributed by atoms with Crippen molar-refractivity contribution in [3.05, 3.63) is 29.0 Å². The highest BCUT2D eigenvalue weighted by atomic mass is 35.5. The molecule has 0 aliphatic rings. The SMILES string of the molecule is CCOc1ccc(-c2nc(NC)oc2C)cc1Cl. The highest BCUT2D eigenvalue weighted by molar-refractivity contribution is 6.32. The zero-order valence-electron chi connectivity index (χ0n) is 10.6. The average molecular weight is 267 g/mol. The fourth-order valence-electron chi connectivity index (χ4n) is 1.69. The van der Waals surface area contributed by atoms with Gasteiger partial charge in [-0.15, -0.1) is 0 Å². The predicted molar refractivity (Wildman–Crippen MR) is 72.4 cm³/mol. The van der Waals surface area contributed by atoms with Crippen molar-refractivity contribution in [2.24, 2.45) is 0 Å². The Morgan fingerprint density at radius 1 is 1.44 bits per heavy atom. The zero-order valence-corrected chi connectivity index (χ0v) is 11.3. The van der Waals surface area contributed by atoms with Gasteiger partial charge in [0.1, 0.15) is 17.2 Å². The van der Waals surface area contributed by atoms with Crippen LogP contribution in [0.2, 0.25) is 5.02 Å². The first kappa shape index (κ1) is 12.8. The number of aromatic nitrogens is 1. The number of aryl methyl sites for hydroxylation is 1. The Balaban J connectivity index is 2.38. The molecule has 2 aromatic rings. The van der Waals surface area contributed by atoms with Gasteiger partial charge < -0.3 is 14.5 Å². The topological polar surface area (TPSA) is 47.3 Å². The van der Waals surface area contributed by atoms with Gasteiger partial charge in [-0.1, -0.05) is 11.6 Å². The van der Waals surface area contributed by atoms with Crippen LogP contribution in [0.4, 0.5) is 6.01 Å². The first-order chi connectivity index (χ1) is 8.65. The van der Waals surface area contributed by atoms with Crippen LogP contribution < -0.4 is 10.1 Å². The van der Waals surface area contributed by atoms with Crippen molar-refractivity contribution >= 4 is 17.6 Å². The van der Waals surface area contributed by atoms with Gasteiger partial charge in [0.2, 0.25) is 0 Å². The smallest absolute Gasteiger partial charge is 0.295 e. The van der Waals surface area contributed by atoms with Crippen molar-refractivity contribution in [2.75, 3.05) is 19.0 Å². The van der Waals surface area contributed by atoms with E-state index >= 15 is 0 Å². The number of halogens is 1. The van der Waals surface area contributed by atoms with Crippen LogP contribution in [0.15, 0.2) is 22.6 Å². The molecule has 4 nitrogen and oxygen atoms in total. The number of hydrogen-bond donors (Lipinski definition) is 1. The highest BCUT2D eigenvalue weighted by Gasteiger charge is 2.12. The molecule has 0 bridgehead atoms. The normalized spacial score (nSPS) is 10.4. The highest BCUT2D eigenvalue weighted by Crippen LogP contribution is 2.32. The molecule has 0 amide bonds. The summed E-state index contributed by atoms with van der Waals surface area (Å²) in [6, 6.07) is 6.08. The molecule has 18 heavy (non-hydrogen) atoms. The molecule has 5 heteroatoms. The molecule has 0 atom stereocenters. The fourth-order valence-corrected chi connectivity index (χ4v) is 1.93. The van der Waals surface area contributed by atoms with Crippen molar-refractivity contribution in [1.82, 2.24) is 4.98 Å². The van der Waals surface area contributed by atoms with E-state index in [1.807, 2.05) is 32.0 Å². The van der Waals surface area contributed by atoms with E-state index in [1.165, 1.54) is 0 Å². The van der Waals surface area contributed by atoms with Gasteiger partial charge in [0.15, 0.2) is 0 Å². The summed E-state index contributed by atoms with van der Waals surface area (Å²) >= 11 is 6.15.